The lowest BCUT2D eigenvalue weighted by Gasteiger charge is -2.08. The Morgan fingerprint density at radius 3 is 2.26 bits per heavy atom. The fourth-order valence-electron chi connectivity index (χ4n) is 2.46. The molecule has 2 aromatic carbocycles. The summed E-state index contributed by atoms with van der Waals surface area (Å²) in [5.41, 5.74) is 3.34. The first-order valence-electron chi connectivity index (χ1n) is 8.36. The van der Waals surface area contributed by atoms with Gasteiger partial charge in [-0.15, -0.1) is 0 Å². The van der Waals surface area contributed by atoms with Crippen molar-refractivity contribution in [3.8, 4) is 16.9 Å². The van der Waals surface area contributed by atoms with Gasteiger partial charge in [-0.2, -0.15) is 0 Å². The molecular formula is C21H17ClN2O3. The Morgan fingerprint density at radius 1 is 1.00 bits per heavy atom. The van der Waals surface area contributed by atoms with E-state index in [1.165, 1.54) is 0 Å². The summed E-state index contributed by atoms with van der Waals surface area (Å²) >= 11 is 5.89. The van der Waals surface area contributed by atoms with Crippen molar-refractivity contribution in [2.75, 3.05) is 6.54 Å². The number of halogens is 1. The maximum atomic E-state index is 11.9. The summed E-state index contributed by atoms with van der Waals surface area (Å²) in [6.45, 7) is 0.407. The maximum Gasteiger partial charge on any atom is 0.412 e. The van der Waals surface area contributed by atoms with Gasteiger partial charge < -0.3 is 10.1 Å². The van der Waals surface area contributed by atoms with E-state index in [2.05, 4.69) is 10.3 Å². The molecule has 0 bridgehead atoms. The number of benzene rings is 2. The van der Waals surface area contributed by atoms with Gasteiger partial charge in [0.05, 0.1) is 0 Å². The molecule has 0 unspecified atom stereocenters. The van der Waals surface area contributed by atoms with E-state index in [4.69, 9.17) is 16.3 Å². The summed E-state index contributed by atoms with van der Waals surface area (Å²) in [6.07, 6.45) is 2.38. The zero-order valence-corrected chi connectivity index (χ0v) is 15.1. The van der Waals surface area contributed by atoms with Crippen molar-refractivity contribution in [1.29, 1.82) is 0 Å². The Labute approximate surface area is 162 Å². The highest BCUT2D eigenvalue weighted by Gasteiger charge is 2.05. The molecule has 3 rings (SSSR count). The number of nitrogens with one attached hydrogen (secondary N) is 1. The van der Waals surface area contributed by atoms with E-state index in [-0.39, 0.29) is 0 Å². The Morgan fingerprint density at radius 2 is 1.67 bits per heavy atom. The van der Waals surface area contributed by atoms with E-state index < -0.39 is 6.09 Å². The quantitative estimate of drug-likeness (QED) is 0.637. The zero-order valence-electron chi connectivity index (χ0n) is 14.4. The number of amides is 1. The average molecular weight is 381 g/mol. The van der Waals surface area contributed by atoms with E-state index in [0.717, 1.165) is 16.7 Å². The molecule has 0 radical (unpaired) electrons. The Hall–Kier alpha value is -3.18. The normalized spacial score (nSPS) is 10.3. The van der Waals surface area contributed by atoms with E-state index in [1.54, 1.807) is 30.5 Å². The van der Waals surface area contributed by atoms with Gasteiger partial charge in [0.15, 0.2) is 6.29 Å². The standard InChI is InChI=1S/C21H17ClN2O3/c22-18-6-2-16(3-7-18)17-4-9-20(10-5-17)27-21(26)23-12-11-15-1-8-19(14-25)24-13-15/h1-10,13-14H,11-12H2,(H,23,26). The van der Waals surface area contributed by atoms with Gasteiger partial charge in [-0.05, 0) is 53.4 Å². The summed E-state index contributed by atoms with van der Waals surface area (Å²) in [4.78, 5) is 26.4. The number of hydrogen-bond acceptors (Lipinski definition) is 4. The predicted molar refractivity (Wildman–Crippen MR) is 104 cm³/mol. The number of rotatable bonds is 6. The fraction of sp³-hybridized carbons (Fsp3) is 0.0952. The third kappa shape index (κ3) is 5.39. The highest BCUT2D eigenvalue weighted by Crippen LogP contribution is 2.23. The van der Waals surface area contributed by atoms with Crippen LogP contribution in [0.5, 0.6) is 5.75 Å². The fourth-order valence-corrected chi connectivity index (χ4v) is 2.59. The van der Waals surface area contributed by atoms with Gasteiger partial charge in [0, 0.05) is 17.8 Å². The molecule has 0 saturated carbocycles. The predicted octanol–water partition coefficient (Wildman–Crippen LogP) is 4.55. The van der Waals surface area contributed by atoms with Gasteiger partial charge in [0.1, 0.15) is 11.4 Å². The largest absolute Gasteiger partial charge is 0.412 e. The van der Waals surface area contributed by atoms with Crippen LogP contribution in [0.15, 0.2) is 66.9 Å². The molecule has 27 heavy (non-hydrogen) atoms. The molecule has 1 amide bonds. The molecule has 1 heterocycles. The second-order valence-corrected chi connectivity index (χ2v) is 6.24. The molecule has 6 heteroatoms. The van der Waals surface area contributed by atoms with Crippen LogP contribution in [0.1, 0.15) is 16.1 Å². The minimum absolute atomic E-state index is 0.383. The number of pyridine rings is 1. The number of nitrogens with zero attached hydrogens (tertiary/aromatic N) is 1. The monoisotopic (exact) mass is 380 g/mol. The van der Waals surface area contributed by atoms with Gasteiger partial charge >= 0.3 is 6.09 Å². The Kier molecular flexibility index (Phi) is 6.18. The van der Waals surface area contributed by atoms with Crippen LogP contribution >= 0.6 is 11.6 Å². The summed E-state index contributed by atoms with van der Waals surface area (Å²) in [6, 6.07) is 18.2. The molecule has 0 aliphatic carbocycles. The topological polar surface area (TPSA) is 68.3 Å². The smallest absolute Gasteiger partial charge is 0.410 e. The van der Waals surface area contributed by atoms with Gasteiger partial charge in [-0.1, -0.05) is 41.9 Å². The molecular weight excluding hydrogens is 364 g/mol. The van der Waals surface area contributed by atoms with Crippen LogP contribution in [-0.2, 0) is 6.42 Å². The minimum atomic E-state index is -0.522. The third-order valence-corrected chi connectivity index (χ3v) is 4.15. The summed E-state index contributed by atoms with van der Waals surface area (Å²) in [7, 11) is 0. The van der Waals surface area contributed by atoms with Crippen molar-refractivity contribution in [3.05, 3.63) is 83.1 Å². The number of hydrogen-bond donors (Lipinski definition) is 1. The second-order valence-electron chi connectivity index (χ2n) is 5.81. The van der Waals surface area contributed by atoms with Gasteiger partial charge in [-0.3, -0.25) is 9.78 Å². The molecule has 0 spiro atoms. The second kappa shape index (κ2) is 8.96. The lowest BCUT2D eigenvalue weighted by Crippen LogP contribution is -2.28. The van der Waals surface area contributed by atoms with Crippen molar-refractivity contribution < 1.29 is 14.3 Å². The maximum absolute atomic E-state index is 11.9. The summed E-state index contributed by atoms with van der Waals surface area (Å²) in [5, 5.41) is 3.37. The molecule has 0 aliphatic heterocycles. The number of carbonyl (C=O) groups is 2. The lowest BCUT2D eigenvalue weighted by atomic mass is 10.1. The van der Waals surface area contributed by atoms with Crippen LogP contribution in [0.4, 0.5) is 4.79 Å². The molecule has 1 N–H and O–H groups in total. The van der Waals surface area contributed by atoms with Crippen LogP contribution < -0.4 is 10.1 Å². The Bertz CT molecular complexity index is 908. The minimum Gasteiger partial charge on any atom is -0.410 e. The van der Waals surface area contributed by atoms with Crippen LogP contribution in [0, 0.1) is 0 Å². The molecule has 0 aliphatic rings. The van der Waals surface area contributed by atoms with Crippen LogP contribution in [0.2, 0.25) is 5.02 Å². The first kappa shape index (κ1) is 18.6. The van der Waals surface area contributed by atoms with Crippen molar-refractivity contribution in [2.24, 2.45) is 0 Å². The number of aldehydes is 1. The molecule has 3 aromatic rings. The molecule has 0 atom stereocenters. The van der Waals surface area contributed by atoms with Crippen molar-refractivity contribution in [2.45, 2.75) is 6.42 Å². The third-order valence-electron chi connectivity index (χ3n) is 3.89. The first-order valence-corrected chi connectivity index (χ1v) is 8.73. The van der Waals surface area contributed by atoms with Crippen molar-refractivity contribution in [1.82, 2.24) is 10.3 Å². The van der Waals surface area contributed by atoms with Gasteiger partial charge in [0.2, 0.25) is 0 Å². The van der Waals surface area contributed by atoms with Gasteiger partial charge in [0.25, 0.3) is 0 Å². The van der Waals surface area contributed by atoms with E-state index >= 15 is 0 Å². The van der Waals surface area contributed by atoms with Crippen molar-refractivity contribution >= 4 is 24.0 Å². The molecule has 1 aromatic heterocycles. The summed E-state index contributed by atoms with van der Waals surface area (Å²) < 4.78 is 5.27. The summed E-state index contributed by atoms with van der Waals surface area (Å²) in [5.74, 6) is 0.460. The molecule has 136 valence electrons. The first-order chi connectivity index (χ1) is 13.1. The lowest BCUT2D eigenvalue weighted by molar-refractivity contribution is 0.111. The average Bonchev–Trinajstić information content (AvgIpc) is 2.70. The molecule has 0 fully saturated rings. The van der Waals surface area contributed by atoms with E-state index in [1.807, 2.05) is 36.4 Å². The van der Waals surface area contributed by atoms with E-state index in [9.17, 15) is 9.59 Å². The molecule has 0 saturated heterocycles. The highest BCUT2D eigenvalue weighted by atomic mass is 35.5. The molecule has 5 nitrogen and oxygen atoms in total. The number of ether oxygens (including phenoxy) is 1. The van der Waals surface area contributed by atoms with Gasteiger partial charge in [-0.25, -0.2) is 4.79 Å². The van der Waals surface area contributed by atoms with Crippen LogP contribution in [-0.4, -0.2) is 23.9 Å². The van der Waals surface area contributed by atoms with Crippen LogP contribution in [0.3, 0.4) is 0 Å². The Balaban J connectivity index is 1.48. The SMILES string of the molecule is O=Cc1ccc(CCNC(=O)Oc2ccc(-c3ccc(Cl)cc3)cc2)cn1. The number of carbonyl (C=O) groups excluding carboxylic acids is 2. The van der Waals surface area contributed by atoms with Crippen LogP contribution in [0.25, 0.3) is 11.1 Å². The van der Waals surface area contributed by atoms with Crippen molar-refractivity contribution in [3.63, 3.8) is 0 Å². The van der Waals surface area contributed by atoms with E-state index in [0.29, 0.717) is 35.7 Å². The highest BCUT2D eigenvalue weighted by molar-refractivity contribution is 6.30. The zero-order chi connectivity index (χ0) is 19.1. The number of aromatic nitrogens is 1.